The molecule has 4 aromatic carbocycles. The Morgan fingerprint density at radius 2 is 1.48 bits per heavy atom. The van der Waals surface area contributed by atoms with Crippen LogP contribution in [0, 0.1) is 0 Å². The number of hydrogen-bond donors (Lipinski definition) is 4. The first kappa shape index (κ1) is 28.8. The first-order chi connectivity index (χ1) is 19.2. The highest BCUT2D eigenvalue weighted by molar-refractivity contribution is 8.00. The van der Waals surface area contributed by atoms with Gasteiger partial charge in [0.05, 0.1) is 16.3 Å². The minimum Gasteiger partial charge on any atom is -0.478 e. The van der Waals surface area contributed by atoms with Gasteiger partial charge in [-0.1, -0.05) is 48.0 Å². The summed E-state index contributed by atoms with van der Waals surface area (Å²) >= 11 is 13.0. The van der Waals surface area contributed by atoms with Crippen LogP contribution in [0.1, 0.15) is 38.5 Å². The molecule has 4 N–H and O–H groups in total. The van der Waals surface area contributed by atoms with Crippen molar-refractivity contribution in [2.75, 3.05) is 16.0 Å². The summed E-state index contributed by atoms with van der Waals surface area (Å²) in [4.78, 5) is 37.2. The van der Waals surface area contributed by atoms with Crippen molar-refractivity contribution in [3.8, 4) is 0 Å². The lowest BCUT2D eigenvalue weighted by molar-refractivity contribution is -0.115. The molecule has 0 heterocycles. The summed E-state index contributed by atoms with van der Waals surface area (Å²) in [5.74, 6) is -1.49. The summed E-state index contributed by atoms with van der Waals surface area (Å²) in [6.45, 7) is 1.51. The average Bonchev–Trinajstić information content (AvgIpc) is 2.93. The minimum absolute atomic E-state index is 0.0130. The quantitative estimate of drug-likeness (QED) is 0.0902. The third-order valence-electron chi connectivity index (χ3n) is 5.71. The highest BCUT2D eigenvalue weighted by Crippen LogP contribution is 2.38. The van der Waals surface area contributed by atoms with E-state index < -0.39 is 11.2 Å². The van der Waals surface area contributed by atoms with E-state index in [1.807, 2.05) is 54.6 Å². The maximum atomic E-state index is 13.5. The van der Waals surface area contributed by atoms with E-state index in [1.165, 1.54) is 36.9 Å². The fourth-order valence-electron chi connectivity index (χ4n) is 3.72. The number of halogens is 1. The number of aromatic carboxylic acids is 1. The number of amides is 1. The van der Waals surface area contributed by atoms with Crippen LogP contribution in [0.15, 0.2) is 102 Å². The molecule has 7 nitrogen and oxygen atoms in total. The molecule has 0 bridgehead atoms. The highest BCUT2D eigenvalue weighted by atomic mass is 35.5. The van der Waals surface area contributed by atoms with Gasteiger partial charge in [-0.15, -0.1) is 11.8 Å². The SMILES string of the molecule is CC(=O)c1ccc(NC(=S)Nc2cccc(SC(C(=O)Nc3cc(C(=O)O)ccc3Cl)c3ccccc3)c2)cc1. The van der Waals surface area contributed by atoms with Crippen molar-refractivity contribution in [2.24, 2.45) is 0 Å². The zero-order chi connectivity index (χ0) is 28.6. The van der Waals surface area contributed by atoms with E-state index in [0.29, 0.717) is 16.4 Å². The van der Waals surface area contributed by atoms with E-state index >= 15 is 0 Å². The lowest BCUT2D eigenvalue weighted by Gasteiger charge is -2.18. The summed E-state index contributed by atoms with van der Waals surface area (Å²) in [5, 5.41) is 18.3. The lowest BCUT2D eigenvalue weighted by atomic mass is 10.1. The normalized spacial score (nSPS) is 11.2. The van der Waals surface area contributed by atoms with E-state index in [9.17, 15) is 19.5 Å². The molecule has 0 aromatic heterocycles. The maximum Gasteiger partial charge on any atom is 0.335 e. The third-order valence-corrected chi connectivity index (χ3v) is 7.49. The Kier molecular flexibility index (Phi) is 9.55. The molecular formula is C30H24ClN3O4S2. The number of carboxylic acid groups (broad SMARTS) is 1. The number of rotatable bonds is 9. The number of nitrogens with one attached hydrogen (secondary N) is 3. The van der Waals surface area contributed by atoms with Crippen LogP contribution < -0.4 is 16.0 Å². The third kappa shape index (κ3) is 7.69. The molecule has 0 saturated heterocycles. The zero-order valence-corrected chi connectivity index (χ0v) is 23.6. The Morgan fingerprint density at radius 1 is 0.800 bits per heavy atom. The smallest absolute Gasteiger partial charge is 0.335 e. The molecule has 0 radical (unpaired) electrons. The van der Waals surface area contributed by atoms with Crippen molar-refractivity contribution in [2.45, 2.75) is 17.1 Å². The molecule has 1 amide bonds. The number of hydrogen-bond acceptors (Lipinski definition) is 5. The molecule has 1 atom stereocenters. The number of thioether (sulfide) groups is 1. The maximum absolute atomic E-state index is 13.5. The van der Waals surface area contributed by atoms with Gasteiger partial charge in [-0.25, -0.2) is 4.79 Å². The van der Waals surface area contributed by atoms with Gasteiger partial charge in [-0.2, -0.15) is 0 Å². The summed E-state index contributed by atoms with van der Waals surface area (Å²) < 4.78 is 0. The molecule has 0 saturated carbocycles. The average molecular weight is 590 g/mol. The molecule has 4 aromatic rings. The van der Waals surface area contributed by atoms with Gasteiger partial charge >= 0.3 is 5.97 Å². The fourth-order valence-corrected chi connectivity index (χ4v) is 5.20. The lowest BCUT2D eigenvalue weighted by Crippen LogP contribution is -2.20. The molecule has 0 aliphatic carbocycles. The number of thiocarbonyl (C=S) groups is 1. The number of anilines is 3. The first-order valence-electron chi connectivity index (χ1n) is 12.0. The molecule has 4 rings (SSSR count). The Hall–Kier alpha value is -4.18. The molecule has 0 spiro atoms. The second-order valence-corrected chi connectivity index (χ2v) is 10.6. The Labute approximate surface area is 246 Å². The van der Waals surface area contributed by atoms with E-state index in [1.54, 1.807) is 24.3 Å². The standard InChI is InChI=1S/C30H24ClN3O4S2/c1-18(35)19-10-13-22(14-11-19)32-30(39)33-23-8-5-9-24(17-23)40-27(20-6-3-2-4-7-20)28(36)34-26-16-21(29(37)38)12-15-25(26)31/h2-17,27H,1H3,(H,34,36)(H,37,38)(H2,32,33,39). The molecule has 40 heavy (non-hydrogen) atoms. The minimum atomic E-state index is -1.12. The van der Waals surface area contributed by atoms with Crippen LogP contribution in [-0.4, -0.2) is 27.9 Å². The van der Waals surface area contributed by atoms with E-state index in [4.69, 9.17) is 23.8 Å². The summed E-state index contributed by atoms with van der Waals surface area (Å²) in [7, 11) is 0. The van der Waals surface area contributed by atoms with Crippen molar-refractivity contribution in [1.29, 1.82) is 0 Å². The van der Waals surface area contributed by atoms with Gasteiger partial charge in [-0.3, -0.25) is 9.59 Å². The predicted molar refractivity (Wildman–Crippen MR) is 165 cm³/mol. The van der Waals surface area contributed by atoms with Gasteiger partial charge < -0.3 is 21.1 Å². The molecule has 1 unspecified atom stereocenters. The fraction of sp³-hybridized carbons (Fsp3) is 0.0667. The van der Waals surface area contributed by atoms with E-state index in [-0.39, 0.29) is 28.0 Å². The van der Waals surface area contributed by atoms with Gasteiger partial charge in [0.2, 0.25) is 5.91 Å². The van der Waals surface area contributed by atoms with Crippen molar-refractivity contribution < 1.29 is 19.5 Å². The molecule has 202 valence electrons. The molecule has 0 aliphatic rings. The van der Waals surface area contributed by atoms with Gasteiger partial charge in [0, 0.05) is 21.8 Å². The number of carboxylic acids is 1. The molecule has 0 fully saturated rings. The number of Topliss-reactive ketones (excluding diaryl/α,β-unsaturated/α-hetero) is 1. The molecular weight excluding hydrogens is 566 g/mol. The number of carbonyl (C=O) groups excluding carboxylic acids is 2. The summed E-state index contributed by atoms with van der Waals surface area (Å²) in [6, 6.07) is 27.9. The number of carbonyl (C=O) groups is 3. The second kappa shape index (κ2) is 13.3. The van der Waals surface area contributed by atoms with Crippen LogP contribution in [0.25, 0.3) is 0 Å². The van der Waals surface area contributed by atoms with Gasteiger partial charge in [0.15, 0.2) is 10.9 Å². The number of benzene rings is 4. The van der Waals surface area contributed by atoms with Crippen LogP contribution in [0.2, 0.25) is 5.02 Å². The van der Waals surface area contributed by atoms with E-state index in [2.05, 4.69) is 16.0 Å². The molecule has 0 aliphatic heterocycles. The van der Waals surface area contributed by atoms with Crippen molar-refractivity contribution >= 4 is 75.4 Å². The van der Waals surface area contributed by atoms with Gasteiger partial charge in [0.25, 0.3) is 0 Å². The van der Waals surface area contributed by atoms with Gasteiger partial charge in [-0.05, 0) is 85.4 Å². The largest absolute Gasteiger partial charge is 0.478 e. The van der Waals surface area contributed by atoms with E-state index in [0.717, 1.165) is 16.1 Å². The molecule has 10 heteroatoms. The topological polar surface area (TPSA) is 108 Å². The predicted octanol–water partition coefficient (Wildman–Crippen LogP) is 7.52. The Balaban J connectivity index is 1.50. The van der Waals surface area contributed by atoms with Crippen LogP contribution in [0.3, 0.4) is 0 Å². The van der Waals surface area contributed by atoms with Crippen molar-refractivity contribution in [3.63, 3.8) is 0 Å². The van der Waals surface area contributed by atoms with Crippen LogP contribution in [0.5, 0.6) is 0 Å². The van der Waals surface area contributed by atoms with Gasteiger partial charge in [0.1, 0.15) is 5.25 Å². The Bertz CT molecular complexity index is 1560. The van der Waals surface area contributed by atoms with Crippen LogP contribution in [-0.2, 0) is 4.79 Å². The van der Waals surface area contributed by atoms with Crippen LogP contribution >= 0.6 is 35.6 Å². The monoisotopic (exact) mass is 589 g/mol. The zero-order valence-electron chi connectivity index (χ0n) is 21.2. The summed E-state index contributed by atoms with van der Waals surface area (Å²) in [6.07, 6.45) is 0. The first-order valence-corrected chi connectivity index (χ1v) is 13.7. The van der Waals surface area contributed by atoms with Crippen molar-refractivity contribution in [3.05, 3.63) is 119 Å². The second-order valence-electron chi connectivity index (χ2n) is 8.64. The Morgan fingerprint density at radius 3 is 2.15 bits per heavy atom. The number of ketones is 1. The highest BCUT2D eigenvalue weighted by Gasteiger charge is 2.23. The van der Waals surface area contributed by atoms with Crippen LogP contribution in [0.4, 0.5) is 17.1 Å². The summed E-state index contributed by atoms with van der Waals surface area (Å²) in [5.41, 5.74) is 3.06. The van der Waals surface area contributed by atoms with Crippen molar-refractivity contribution in [1.82, 2.24) is 0 Å².